The predicted molar refractivity (Wildman–Crippen MR) is 73.6 cm³/mol. The third kappa shape index (κ3) is 3.38. The van der Waals surface area contributed by atoms with Gasteiger partial charge in [0.1, 0.15) is 0 Å². The lowest BCUT2D eigenvalue weighted by Crippen LogP contribution is -1.95. The number of thioether (sulfide) groups is 1. The van der Waals surface area contributed by atoms with Crippen LogP contribution in [-0.4, -0.2) is 22.3 Å². The van der Waals surface area contributed by atoms with Gasteiger partial charge in [-0.1, -0.05) is 12.1 Å². The number of carboxylic acids is 1. The Morgan fingerprint density at radius 2 is 2.00 bits per heavy atom. The first kappa shape index (κ1) is 13.2. The van der Waals surface area contributed by atoms with Crippen molar-refractivity contribution in [1.29, 1.82) is 0 Å². The molecule has 0 bridgehead atoms. The number of carbonyl (C=O) groups is 1. The van der Waals surface area contributed by atoms with E-state index in [-0.39, 0.29) is 5.56 Å². The van der Waals surface area contributed by atoms with Crippen molar-refractivity contribution in [2.24, 2.45) is 10.2 Å². The number of aromatic carboxylic acids is 1. The summed E-state index contributed by atoms with van der Waals surface area (Å²) < 4.78 is 0. The van der Waals surface area contributed by atoms with Crippen LogP contribution in [0.4, 0.5) is 11.5 Å². The van der Waals surface area contributed by atoms with Crippen LogP contribution in [0.5, 0.6) is 0 Å². The number of rotatable bonds is 4. The van der Waals surface area contributed by atoms with E-state index in [9.17, 15) is 4.79 Å². The molecule has 0 saturated heterocycles. The number of hydrogen-bond acceptors (Lipinski definition) is 5. The summed E-state index contributed by atoms with van der Waals surface area (Å²) in [6, 6.07) is 10.6. The first-order valence-electron chi connectivity index (χ1n) is 5.45. The number of aromatic nitrogens is 1. The second-order valence-electron chi connectivity index (χ2n) is 3.58. The quantitative estimate of drug-likeness (QED) is 0.676. The van der Waals surface area contributed by atoms with Gasteiger partial charge in [-0.2, -0.15) is 0 Å². The fraction of sp³-hybridized carbons (Fsp3) is 0.0769. The van der Waals surface area contributed by atoms with Crippen molar-refractivity contribution in [2.75, 3.05) is 6.26 Å². The molecular formula is C13H11N3O2S. The fourth-order valence-corrected chi connectivity index (χ4v) is 1.92. The summed E-state index contributed by atoms with van der Waals surface area (Å²) in [4.78, 5) is 15.6. The van der Waals surface area contributed by atoms with E-state index >= 15 is 0 Å². The number of azo groups is 1. The standard InChI is InChI=1S/C13H11N3O2S/c1-19-11-5-3-2-4-10(11)15-16-12-7-6-9(8-14-12)13(17)18/h2-8H,1H3,(H,17,18). The zero-order valence-electron chi connectivity index (χ0n) is 10.1. The molecule has 19 heavy (non-hydrogen) atoms. The van der Waals surface area contributed by atoms with Gasteiger partial charge in [0.05, 0.1) is 11.3 Å². The monoisotopic (exact) mass is 273 g/mol. The van der Waals surface area contributed by atoms with Gasteiger partial charge in [-0.05, 0) is 30.5 Å². The molecule has 0 spiro atoms. The topological polar surface area (TPSA) is 74.9 Å². The van der Waals surface area contributed by atoms with Crippen LogP contribution in [0.25, 0.3) is 0 Å². The molecule has 0 aliphatic heterocycles. The van der Waals surface area contributed by atoms with Crippen LogP contribution >= 0.6 is 11.8 Å². The second kappa shape index (κ2) is 6.10. The molecule has 2 rings (SSSR count). The van der Waals surface area contributed by atoms with E-state index in [0.717, 1.165) is 10.6 Å². The van der Waals surface area contributed by atoms with E-state index in [2.05, 4.69) is 15.2 Å². The van der Waals surface area contributed by atoms with E-state index < -0.39 is 5.97 Å². The normalized spacial score (nSPS) is 10.8. The Hall–Kier alpha value is -2.21. The van der Waals surface area contributed by atoms with Crippen LogP contribution in [0.2, 0.25) is 0 Å². The molecule has 0 atom stereocenters. The summed E-state index contributed by atoms with van der Waals surface area (Å²) in [7, 11) is 0. The fourth-order valence-electron chi connectivity index (χ4n) is 1.39. The Morgan fingerprint density at radius 1 is 1.21 bits per heavy atom. The van der Waals surface area contributed by atoms with E-state index in [1.807, 2.05) is 30.5 Å². The van der Waals surface area contributed by atoms with Gasteiger partial charge in [0.25, 0.3) is 0 Å². The van der Waals surface area contributed by atoms with Crippen molar-refractivity contribution in [2.45, 2.75) is 4.90 Å². The highest BCUT2D eigenvalue weighted by molar-refractivity contribution is 7.98. The molecule has 0 fully saturated rings. The van der Waals surface area contributed by atoms with Gasteiger partial charge in [0, 0.05) is 11.1 Å². The maximum Gasteiger partial charge on any atom is 0.337 e. The molecule has 96 valence electrons. The van der Waals surface area contributed by atoms with Crippen LogP contribution in [0.3, 0.4) is 0 Å². The van der Waals surface area contributed by atoms with Gasteiger partial charge >= 0.3 is 5.97 Å². The molecule has 1 aromatic carbocycles. The zero-order valence-corrected chi connectivity index (χ0v) is 11.0. The van der Waals surface area contributed by atoms with Gasteiger partial charge in [-0.25, -0.2) is 9.78 Å². The first-order chi connectivity index (χ1) is 9.20. The molecule has 0 aliphatic rings. The third-order valence-corrected chi connectivity index (χ3v) is 3.13. The maximum atomic E-state index is 10.7. The lowest BCUT2D eigenvalue weighted by atomic mass is 10.3. The SMILES string of the molecule is CSc1ccccc1N=Nc1ccc(C(=O)O)cn1. The van der Waals surface area contributed by atoms with Gasteiger partial charge in [-0.3, -0.25) is 0 Å². The zero-order chi connectivity index (χ0) is 13.7. The number of hydrogen-bond donors (Lipinski definition) is 1. The Labute approximate surface area is 114 Å². The summed E-state index contributed by atoms with van der Waals surface area (Å²) in [5.41, 5.74) is 0.891. The van der Waals surface area contributed by atoms with E-state index in [1.54, 1.807) is 11.8 Å². The van der Waals surface area contributed by atoms with Gasteiger partial charge in [-0.15, -0.1) is 22.0 Å². The van der Waals surface area contributed by atoms with Crippen molar-refractivity contribution in [3.63, 3.8) is 0 Å². The van der Waals surface area contributed by atoms with Crippen molar-refractivity contribution >= 4 is 29.2 Å². The predicted octanol–water partition coefficient (Wildman–Crippen LogP) is 3.92. The molecule has 0 amide bonds. The molecule has 0 unspecified atom stereocenters. The Bertz CT molecular complexity index is 612. The van der Waals surface area contributed by atoms with Crippen LogP contribution in [0.1, 0.15) is 10.4 Å². The smallest absolute Gasteiger partial charge is 0.337 e. The molecule has 0 radical (unpaired) electrons. The first-order valence-corrected chi connectivity index (χ1v) is 6.67. The molecule has 1 heterocycles. The third-order valence-electron chi connectivity index (χ3n) is 2.34. The van der Waals surface area contributed by atoms with E-state index in [1.165, 1.54) is 18.3 Å². The molecule has 1 aromatic heterocycles. The van der Waals surface area contributed by atoms with Crippen LogP contribution in [0, 0.1) is 0 Å². The average molecular weight is 273 g/mol. The number of carboxylic acid groups (broad SMARTS) is 1. The Morgan fingerprint density at radius 3 is 2.63 bits per heavy atom. The van der Waals surface area contributed by atoms with Gasteiger partial charge in [0.2, 0.25) is 0 Å². The van der Waals surface area contributed by atoms with Crippen molar-refractivity contribution in [3.05, 3.63) is 48.2 Å². The molecule has 6 heteroatoms. The number of pyridine rings is 1. The van der Waals surface area contributed by atoms with Gasteiger partial charge in [0.15, 0.2) is 5.82 Å². The Balaban J connectivity index is 2.20. The summed E-state index contributed by atoms with van der Waals surface area (Å²) in [5, 5.41) is 16.9. The van der Waals surface area contributed by atoms with E-state index in [0.29, 0.717) is 5.82 Å². The van der Waals surface area contributed by atoms with Crippen LogP contribution in [0.15, 0.2) is 57.7 Å². The lowest BCUT2D eigenvalue weighted by Gasteiger charge is -1.99. The van der Waals surface area contributed by atoms with Crippen LogP contribution < -0.4 is 0 Å². The lowest BCUT2D eigenvalue weighted by molar-refractivity contribution is 0.0696. The maximum absolute atomic E-state index is 10.7. The highest BCUT2D eigenvalue weighted by Crippen LogP contribution is 2.28. The minimum atomic E-state index is -1.01. The molecular weight excluding hydrogens is 262 g/mol. The Kier molecular flexibility index (Phi) is 4.25. The summed E-state index contributed by atoms with van der Waals surface area (Å²) in [6.45, 7) is 0. The van der Waals surface area contributed by atoms with Crippen molar-refractivity contribution < 1.29 is 9.90 Å². The number of nitrogens with zero attached hydrogens (tertiary/aromatic N) is 3. The molecule has 0 saturated carbocycles. The summed E-state index contributed by atoms with van der Waals surface area (Å²) in [6.07, 6.45) is 3.23. The highest BCUT2D eigenvalue weighted by Gasteiger charge is 2.02. The average Bonchev–Trinajstić information content (AvgIpc) is 2.45. The minimum absolute atomic E-state index is 0.128. The van der Waals surface area contributed by atoms with Crippen molar-refractivity contribution in [1.82, 2.24) is 4.98 Å². The van der Waals surface area contributed by atoms with Gasteiger partial charge < -0.3 is 5.11 Å². The van der Waals surface area contributed by atoms with Crippen LogP contribution in [-0.2, 0) is 0 Å². The number of benzene rings is 1. The largest absolute Gasteiger partial charge is 0.478 e. The highest BCUT2D eigenvalue weighted by atomic mass is 32.2. The summed E-state index contributed by atoms with van der Waals surface area (Å²) in [5.74, 6) is -0.635. The molecule has 0 aliphatic carbocycles. The minimum Gasteiger partial charge on any atom is -0.478 e. The molecule has 2 aromatic rings. The second-order valence-corrected chi connectivity index (χ2v) is 4.43. The summed E-state index contributed by atoms with van der Waals surface area (Å²) >= 11 is 1.59. The van der Waals surface area contributed by atoms with E-state index in [4.69, 9.17) is 5.11 Å². The molecule has 1 N–H and O–H groups in total. The molecule has 5 nitrogen and oxygen atoms in total. The van der Waals surface area contributed by atoms with Crippen molar-refractivity contribution in [3.8, 4) is 0 Å².